The van der Waals surface area contributed by atoms with Gasteiger partial charge < -0.3 is 19.6 Å². The normalized spacial score (nSPS) is 26.9. The Morgan fingerprint density at radius 3 is 2.14 bits per heavy atom. The SMILES string of the molecule is CCOC(O)C(CC1CCN(C)CC1)N1CCN(C)CC1. The number of rotatable bonds is 6. The van der Waals surface area contributed by atoms with Crippen molar-refractivity contribution in [3.63, 3.8) is 0 Å². The van der Waals surface area contributed by atoms with Gasteiger partial charge >= 0.3 is 0 Å². The largest absolute Gasteiger partial charge is 0.367 e. The van der Waals surface area contributed by atoms with Crippen LogP contribution in [-0.4, -0.2) is 92.1 Å². The fourth-order valence-corrected chi connectivity index (χ4v) is 3.52. The minimum atomic E-state index is -0.641. The molecule has 2 atom stereocenters. The minimum absolute atomic E-state index is 0.159. The lowest BCUT2D eigenvalue weighted by Gasteiger charge is -2.42. The van der Waals surface area contributed by atoms with Crippen LogP contribution in [-0.2, 0) is 4.74 Å². The molecule has 0 amide bonds. The van der Waals surface area contributed by atoms with Gasteiger partial charge in [-0.1, -0.05) is 0 Å². The average molecular weight is 299 g/mol. The van der Waals surface area contributed by atoms with E-state index in [1.165, 1.54) is 25.9 Å². The molecule has 0 bridgehead atoms. The molecule has 2 fully saturated rings. The number of likely N-dealkylation sites (tertiary alicyclic amines) is 1. The highest BCUT2D eigenvalue weighted by atomic mass is 16.6. The van der Waals surface area contributed by atoms with Crippen LogP contribution in [0.15, 0.2) is 0 Å². The van der Waals surface area contributed by atoms with Crippen LogP contribution in [0.4, 0.5) is 0 Å². The molecule has 124 valence electrons. The molecule has 2 aliphatic heterocycles. The van der Waals surface area contributed by atoms with Crippen molar-refractivity contribution in [3.05, 3.63) is 0 Å². The van der Waals surface area contributed by atoms with E-state index in [0.717, 1.165) is 38.5 Å². The van der Waals surface area contributed by atoms with Gasteiger partial charge in [0.15, 0.2) is 6.29 Å². The second-order valence-corrected chi connectivity index (χ2v) is 6.73. The second kappa shape index (κ2) is 8.44. The number of hydrogen-bond donors (Lipinski definition) is 1. The first-order valence-electron chi connectivity index (χ1n) is 8.51. The quantitative estimate of drug-likeness (QED) is 0.731. The topological polar surface area (TPSA) is 39.2 Å². The van der Waals surface area contributed by atoms with Crippen LogP contribution in [0.2, 0.25) is 0 Å². The van der Waals surface area contributed by atoms with Gasteiger partial charge in [0.1, 0.15) is 0 Å². The third-order valence-electron chi connectivity index (χ3n) is 5.09. The van der Waals surface area contributed by atoms with Crippen molar-refractivity contribution in [2.24, 2.45) is 5.92 Å². The number of aliphatic hydroxyl groups is 1. The lowest BCUT2D eigenvalue weighted by atomic mass is 9.89. The van der Waals surface area contributed by atoms with Crippen LogP contribution in [0.3, 0.4) is 0 Å². The van der Waals surface area contributed by atoms with Gasteiger partial charge in [0, 0.05) is 32.8 Å². The summed E-state index contributed by atoms with van der Waals surface area (Å²) >= 11 is 0. The van der Waals surface area contributed by atoms with Crippen molar-refractivity contribution in [2.75, 3.05) is 60.0 Å². The van der Waals surface area contributed by atoms with Crippen LogP contribution >= 0.6 is 0 Å². The van der Waals surface area contributed by atoms with Crippen molar-refractivity contribution in [1.82, 2.24) is 14.7 Å². The summed E-state index contributed by atoms with van der Waals surface area (Å²) in [4.78, 5) is 7.20. The fourth-order valence-electron chi connectivity index (χ4n) is 3.52. The Kier molecular flexibility index (Phi) is 6.89. The molecule has 5 heteroatoms. The predicted octanol–water partition coefficient (Wildman–Crippen LogP) is 0.689. The molecule has 2 heterocycles. The third kappa shape index (κ3) is 5.18. The molecular weight excluding hydrogens is 266 g/mol. The summed E-state index contributed by atoms with van der Waals surface area (Å²) in [6.07, 6.45) is 2.93. The molecule has 2 unspecified atom stereocenters. The van der Waals surface area contributed by atoms with E-state index >= 15 is 0 Å². The second-order valence-electron chi connectivity index (χ2n) is 6.73. The monoisotopic (exact) mass is 299 g/mol. The molecule has 2 saturated heterocycles. The van der Waals surface area contributed by atoms with Crippen LogP contribution in [0, 0.1) is 5.92 Å². The van der Waals surface area contributed by atoms with Gasteiger partial charge in [0.05, 0.1) is 6.04 Å². The first-order valence-corrected chi connectivity index (χ1v) is 8.51. The number of piperidine rings is 1. The molecule has 0 aliphatic carbocycles. The van der Waals surface area contributed by atoms with E-state index in [2.05, 4.69) is 28.8 Å². The lowest BCUT2D eigenvalue weighted by Crippen LogP contribution is -2.54. The van der Waals surface area contributed by atoms with Crippen molar-refractivity contribution in [3.8, 4) is 0 Å². The highest BCUT2D eigenvalue weighted by Gasteiger charge is 2.31. The first-order chi connectivity index (χ1) is 10.1. The first kappa shape index (κ1) is 17.2. The smallest absolute Gasteiger partial charge is 0.170 e. The van der Waals surface area contributed by atoms with Crippen LogP contribution in [0.5, 0.6) is 0 Å². The van der Waals surface area contributed by atoms with E-state index in [4.69, 9.17) is 4.74 Å². The number of hydrogen-bond acceptors (Lipinski definition) is 5. The van der Waals surface area contributed by atoms with Crippen molar-refractivity contribution in [2.45, 2.75) is 38.5 Å². The van der Waals surface area contributed by atoms with Crippen molar-refractivity contribution in [1.29, 1.82) is 0 Å². The number of aliphatic hydroxyl groups excluding tert-OH is 1. The molecule has 0 aromatic heterocycles. The molecule has 2 aliphatic rings. The van der Waals surface area contributed by atoms with Gasteiger partial charge in [-0.05, 0) is 59.3 Å². The van der Waals surface area contributed by atoms with E-state index in [-0.39, 0.29) is 6.04 Å². The van der Waals surface area contributed by atoms with E-state index in [0.29, 0.717) is 6.61 Å². The third-order valence-corrected chi connectivity index (χ3v) is 5.09. The standard InChI is InChI=1S/C16H33N3O2/c1-4-21-16(20)15(19-11-9-18(3)10-12-19)13-14-5-7-17(2)8-6-14/h14-16,20H,4-13H2,1-3H3. The zero-order chi connectivity index (χ0) is 15.2. The number of piperazine rings is 1. The highest BCUT2D eigenvalue weighted by Crippen LogP contribution is 2.25. The summed E-state index contributed by atoms with van der Waals surface area (Å²) in [6, 6.07) is 0.159. The summed E-state index contributed by atoms with van der Waals surface area (Å²) < 4.78 is 5.54. The molecule has 5 nitrogen and oxygen atoms in total. The Morgan fingerprint density at radius 1 is 1.00 bits per heavy atom. The molecule has 2 rings (SSSR count). The van der Waals surface area contributed by atoms with Crippen LogP contribution < -0.4 is 0 Å². The summed E-state index contributed by atoms with van der Waals surface area (Å²) in [6.45, 7) is 9.16. The van der Waals surface area contributed by atoms with E-state index < -0.39 is 6.29 Å². The van der Waals surface area contributed by atoms with Crippen LogP contribution in [0.1, 0.15) is 26.2 Å². The molecule has 0 aromatic carbocycles. The maximum atomic E-state index is 10.4. The van der Waals surface area contributed by atoms with E-state index in [9.17, 15) is 5.11 Å². The molecule has 0 aromatic rings. The Morgan fingerprint density at radius 2 is 1.57 bits per heavy atom. The predicted molar refractivity (Wildman–Crippen MR) is 85.3 cm³/mol. The maximum Gasteiger partial charge on any atom is 0.170 e. The summed E-state index contributed by atoms with van der Waals surface area (Å²) in [5, 5.41) is 10.4. The molecule has 0 radical (unpaired) electrons. The number of nitrogens with zero attached hydrogens (tertiary/aromatic N) is 3. The lowest BCUT2D eigenvalue weighted by molar-refractivity contribution is -0.150. The van der Waals surface area contributed by atoms with E-state index in [1.54, 1.807) is 0 Å². The number of ether oxygens (including phenoxy) is 1. The maximum absolute atomic E-state index is 10.4. The van der Waals surface area contributed by atoms with Gasteiger partial charge in [-0.25, -0.2) is 0 Å². The molecular formula is C16H33N3O2. The average Bonchev–Trinajstić information content (AvgIpc) is 2.48. The van der Waals surface area contributed by atoms with Gasteiger partial charge in [0.25, 0.3) is 0 Å². The summed E-state index contributed by atoms with van der Waals surface area (Å²) in [5.41, 5.74) is 0. The molecule has 21 heavy (non-hydrogen) atoms. The number of likely N-dealkylation sites (N-methyl/N-ethyl adjacent to an activating group) is 1. The van der Waals surface area contributed by atoms with Crippen LogP contribution in [0.25, 0.3) is 0 Å². The molecule has 0 saturated carbocycles. The Labute approximate surface area is 129 Å². The Bertz CT molecular complexity index is 287. The van der Waals surface area contributed by atoms with Gasteiger partial charge in [-0.3, -0.25) is 4.90 Å². The Balaban J connectivity index is 1.91. The zero-order valence-corrected chi connectivity index (χ0v) is 14.0. The van der Waals surface area contributed by atoms with Gasteiger partial charge in [-0.15, -0.1) is 0 Å². The zero-order valence-electron chi connectivity index (χ0n) is 14.0. The highest BCUT2D eigenvalue weighted by molar-refractivity contribution is 4.83. The summed E-state index contributed by atoms with van der Waals surface area (Å²) in [5.74, 6) is 0.723. The Hall–Kier alpha value is -0.200. The van der Waals surface area contributed by atoms with Crippen molar-refractivity contribution < 1.29 is 9.84 Å². The molecule has 1 N–H and O–H groups in total. The van der Waals surface area contributed by atoms with Crippen molar-refractivity contribution >= 4 is 0 Å². The summed E-state index contributed by atoms with van der Waals surface area (Å²) in [7, 11) is 4.37. The van der Waals surface area contributed by atoms with Gasteiger partial charge in [-0.2, -0.15) is 0 Å². The fraction of sp³-hybridized carbons (Fsp3) is 1.00. The van der Waals surface area contributed by atoms with E-state index in [1.807, 2.05) is 6.92 Å². The minimum Gasteiger partial charge on any atom is -0.367 e. The molecule has 0 spiro atoms. The van der Waals surface area contributed by atoms with Gasteiger partial charge in [0.2, 0.25) is 0 Å².